The summed E-state index contributed by atoms with van der Waals surface area (Å²) in [6.45, 7) is 4.79. The summed E-state index contributed by atoms with van der Waals surface area (Å²) < 4.78 is 49.6. The minimum absolute atomic E-state index is 0.265. The molecule has 0 aliphatic carbocycles. The van der Waals surface area contributed by atoms with Gasteiger partial charge in [-0.15, -0.1) is 0 Å². The minimum atomic E-state index is -3.59. The lowest BCUT2D eigenvalue weighted by Gasteiger charge is -2.34. The van der Waals surface area contributed by atoms with E-state index in [1.807, 2.05) is 6.92 Å². The molecule has 1 N–H and O–H groups in total. The van der Waals surface area contributed by atoms with Crippen molar-refractivity contribution in [1.29, 1.82) is 0 Å². The molecule has 0 saturated carbocycles. The number of nitrogens with one attached hydrogen (secondary N) is 1. The average Bonchev–Trinajstić information content (AvgIpc) is 2.34. The Morgan fingerprint density at radius 1 is 1.37 bits per heavy atom. The van der Waals surface area contributed by atoms with E-state index >= 15 is 0 Å². The molecule has 2 unspecified atom stereocenters. The highest BCUT2D eigenvalue weighted by Gasteiger charge is 2.40. The minimum Gasteiger partial charge on any atom is -0.316 e. The van der Waals surface area contributed by atoms with E-state index in [1.165, 1.54) is 16.1 Å². The lowest BCUT2D eigenvalue weighted by molar-refractivity contribution is 0.397. The van der Waals surface area contributed by atoms with Crippen LogP contribution in [0.1, 0.15) is 13.8 Å². The van der Waals surface area contributed by atoms with Gasteiger partial charge in [-0.2, -0.15) is 16.1 Å². The summed E-state index contributed by atoms with van der Waals surface area (Å²) in [4.78, 5) is 0. The monoisotopic (exact) mass is 330 g/mol. The maximum absolute atomic E-state index is 12.5. The zero-order valence-electron chi connectivity index (χ0n) is 11.5. The van der Waals surface area contributed by atoms with Crippen LogP contribution in [0.4, 0.5) is 0 Å². The van der Waals surface area contributed by atoms with Gasteiger partial charge < -0.3 is 5.32 Å². The number of sulfone groups is 1. The van der Waals surface area contributed by atoms with E-state index in [2.05, 4.69) is 5.32 Å². The standard InChI is InChI=1S/C10H22N2O4S3/c1-4-11-7-9(2)19(15,16)12-5-6-17-8-10(12)18(3,13)14/h9-11H,4-8H2,1-3H3. The van der Waals surface area contributed by atoms with Crippen LogP contribution in [0.15, 0.2) is 0 Å². The highest BCUT2D eigenvalue weighted by molar-refractivity contribution is 8.01. The summed E-state index contributed by atoms with van der Waals surface area (Å²) in [7, 11) is -6.99. The van der Waals surface area contributed by atoms with Gasteiger partial charge in [0, 0.05) is 30.9 Å². The van der Waals surface area contributed by atoms with Gasteiger partial charge in [-0.05, 0) is 13.5 Å². The van der Waals surface area contributed by atoms with Crippen LogP contribution in [0.5, 0.6) is 0 Å². The number of thioether (sulfide) groups is 1. The second-order valence-corrected chi connectivity index (χ2v) is 10.3. The largest absolute Gasteiger partial charge is 0.316 e. The third-order valence-corrected chi connectivity index (χ3v) is 8.10. The van der Waals surface area contributed by atoms with Crippen molar-refractivity contribution in [2.24, 2.45) is 0 Å². The van der Waals surface area contributed by atoms with Crippen molar-refractivity contribution in [3.63, 3.8) is 0 Å². The first kappa shape index (κ1) is 17.2. The predicted molar refractivity (Wildman–Crippen MR) is 79.6 cm³/mol. The van der Waals surface area contributed by atoms with E-state index in [9.17, 15) is 16.8 Å². The Bertz CT molecular complexity index is 489. The van der Waals surface area contributed by atoms with Crippen molar-refractivity contribution in [3.8, 4) is 0 Å². The SMILES string of the molecule is CCNCC(C)S(=O)(=O)N1CCSCC1S(C)(=O)=O. The van der Waals surface area contributed by atoms with Crippen LogP contribution in [0.3, 0.4) is 0 Å². The molecule has 1 fully saturated rings. The van der Waals surface area contributed by atoms with Gasteiger partial charge in [0.15, 0.2) is 9.84 Å². The van der Waals surface area contributed by atoms with Gasteiger partial charge in [0.1, 0.15) is 5.37 Å². The molecular weight excluding hydrogens is 308 g/mol. The van der Waals surface area contributed by atoms with Gasteiger partial charge in [-0.25, -0.2) is 16.8 Å². The van der Waals surface area contributed by atoms with Gasteiger partial charge in [-0.1, -0.05) is 6.92 Å². The molecule has 114 valence electrons. The van der Waals surface area contributed by atoms with Crippen LogP contribution in [-0.4, -0.2) is 69.2 Å². The molecular formula is C10H22N2O4S3. The maximum Gasteiger partial charge on any atom is 0.219 e. The van der Waals surface area contributed by atoms with Crippen molar-refractivity contribution < 1.29 is 16.8 Å². The Kier molecular flexibility index (Phi) is 6.12. The van der Waals surface area contributed by atoms with Crippen molar-refractivity contribution in [2.75, 3.05) is 37.4 Å². The lowest BCUT2D eigenvalue weighted by Crippen LogP contribution is -2.53. The topological polar surface area (TPSA) is 83.6 Å². The second-order valence-electron chi connectivity index (χ2n) is 4.63. The maximum atomic E-state index is 12.5. The third-order valence-electron chi connectivity index (χ3n) is 3.05. The third kappa shape index (κ3) is 4.32. The van der Waals surface area contributed by atoms with Crippen LogP contribution in [-0.2, 0) is 19.9 Å². The molecule has 0 bridgehead atoms. The molecule has 1 aliphatic rings. The van der Waals surface area contributed by atoms with Crippen molar-refractivity contribution in [2.45, 2.75) is 24.5 Å². The van der Waals surface area contributed by atoms with Crippen LogP contribution >= 0.6 is 11.8 Å². The molecule has 19 heavy (non-hydrogen) atoms. The molecule has 1 saturated heterocycles. The molecule has 0 radical (unpaired) electrons. The first-order chi connectivity index (χ1) is 8.71. The van der Waals surface area contributed by atoms with E-state index in [4.69, 9.17) is 0 Å². The van der Waals surface area contributed by atoms with E-state index in [1.54, 1.807) is 6.92 Å². The molecule has 2 atom stereocenters. The molecule has 1 heterocycles. The molecule has 0 aromatic heterocycles. The fourth-order valence-electron chi connectivity index (χ4n) is 1.88. The Labute approximate surface area is 120 Å². The van der Waals surface area contributed by atoms with Gasteiger partial charge in [-0.3, -0.25) is 0 Å². The summed E-state index contributed by atoms with van der Waals surface area (Å²) in [6.07, 6.45) is 1.10. The molecule has 0 spiro atoms. The van der Waals surface area contributed by atoms with Crippen LogP contribution in [0.25, 0.3) is 0 Å². The van der Waals surface area contributed by atoms with E-state index in [-0.39, 0.29) is 6.54 Å². The lowest BCUT2D eigenvalue weighted by atomic mass is 10.5. The summed E-state index contributed by atoms with van der Waals surface area (Å²) in [5.41, 5.74) is 0. The highest BCUT2D eigenvalue weighted by Crippen LogP contribution is 2.25. The molecule has 0 amide bonds. The van der Waals surface area contributed by atoms with Crippen LogP contribution in [0, 0.1) is 0 Å². The Morgan fingerprint density at radius 3 is 2.53 bits per heavy atom. The fraction of sp³-hybridized carbons (Fsp3) is 1.00. The summed E-state index contributed by atoms with van der Waals surface area (Å²) in [5, 5.41) is 1.43. The number of hydrogen-bond acceptors (Lipinski definition) is 6. The van der Waals surface area contributed by atoms with E-state index in [0.717, 1.165) is 6.26 Å². The van der Waals surface area contributed by atoms with E-state index < -0.39 is 30.5 Å². The normalized spacial score (nSPS) is 24.3. The predicted octanol–water partition coefficient (Wildman–Crippen LogP) is -0.266. The van der Waals surface area contributed by atoms with Gasteiger partial charge in [0.05, 0.1) is 5.25 Å². The van der Waals surface area contributed by atoms with E-state index in [0.29, 0.717) is 24.6 Å². The number of sulfonamides is 1. The van der Waals surface area contributed by atoms with Gasteiger partial charge in [0.2, 0.25) is 10.0 Å². The average molecular weight is 330 g/mol. The zero-order chi connectivity index (χ0) is 14.7. The quantitative estimate of drug-likeness (QED) is 0.722. The summed E-state index contributed by atoms with van der Waals surface area (Å²) in [6, 6.07) is 0. The van der Waals surface area contributed by atoms with Crippen molar-refractivity contribution >= 4 is 31.6 Å². The number of nitrogens with zero attached hydrogens (tertiary/aromatic N) is 1. The van der Waals surface area contributed by atoms with Crippen molar-refractivity contribution in [3.05, 3.63) is 0 Å². The molecule has 1 aliphatic heterocycles. The fourth-order valence-corrected chi connectivity index (χ4v) is 7.14. The Balaban J connectivity index is 2.96. The Morgan fingerprint density at radius 2 is 2.00 bits per heavy atom. The van der Waals surface area contributed by atoms with Gasteiger partial charge >= 0.3 is 0 Å². The van der Waals surface area contributed by atoms with Crippen LogP contribution < -0.4 is 5.32 Å². The van der Waals surface area contributed by atoms with Gasteiger partial charge in [0.25, 0.3) is 0 Å². The molecule has 0 aromatic rings. The second kappa shape index (κ2) is 6.75. The first-order valence-electron chi connectivity index (χ1n) is 6.19. The molecule has 1 rings (SSSR count). The molecule has 0 aromatic carbocycles. The zero-order valence-corrected chi connectivity index (χ0v) is 13.9. The number of hydrogen-bond donors (Lipinski definition) is 1. The molecule has 9 heteroatoms. The molecule has 6 nitrogen and oxygen atoms in total. The smallest absolute Gasteiger partial charge is 0.219 e. The Hall–Kier alpha value is 0.170. The number of rotatable bonds is 6. The summed E-state index contributed by atoms with van der Waals surface area (Å²) >= 11 is 1.48. The first-order valence-corrected chi connectivity index (χ1v) is 10.8. The van der Waals surface area contributed by atoms with Crippen molar-refractivity contribution in [1.82, 2.24) is 9.62 Å². The van der Waals surface area contributed by atoms with Crippen LogP contribution in [0.2, 0.25) is 0 Å². The highest BCUT2D eigenvalue weighted by atomic mass is 32.2. The summed E-state index contributed by atoms with van der Waals surface area (Å²) in [5.74, 6) is 0.950.